The van der Waals surface area contributed by atoms with Gasteiger partial charge >= 0.3 is 0 Å². The summed E-state index contributed by atoms with van der Waals surface area (Å²) >= 11 is 0. The molecule has 0 bridgehead atoms. The van der Waals surface area contributed by atoms with Crippen molar-refractivity contribution in [3.63, 3.8) is 0 Å². The molecule has 1 atom stereocenters. The lowest BCUT2D eigenvalue weighted by atomic mass is 9.95. The van der Waals surface area contributed by atoms with Crippen molar-refractivity contribution >= 4 is 0 Å². The third kappa shape index (κ3) is 5.66. The quantitative estimate of drug-likeness (QED) is 0.799. The van der Waals surface area contributed by atoms with Gasteiger partial charge in [-0.15, -0.1) is 0 Å². The second kappa shape index (κ2) is 9.13. The number of nitrogens with zero attached hydrogens (tertiary/aromatic N) is 4. The van der Waals surface area contributed by atoms with E-state index in [1.165, 1.54) is 12.8 Å². The van der Waals surface area contributed by atoms with Gasteiger partial charge in [0.25, 0.3) is 0 Å². The number of aliphatic hydroxyl groups is 1. The van der Waals surface area contributed by atoms with E-state index in [1.54, 1.807) is 0 Å². The van der Waals surface area contributed by atoms with Crippen LogP contribution in [0.25, 0.3) is 0 Å². The Labute approximate surface area is 150 Å². The van der Waals surface area contributed by atoms with Crippen LogP contribution < -0.4 is 0 Å². The molecule has 136 valence electrons. The van der Waals surface area contributed by atoms with Crippen molar-refractivity contribution in [2.24, 2.45) is 5.92 Å². The summed E-state index contributed by atoms with van der Waals surface area (Å²) < 4.78 is 1.99. The molecule has 1 saturated heterocycles. The van der Waals surface area contributed by atoms with Crippen molar-refractivity contribution < 1.29 is 5.11 Å². The Morgan fingerprint density at radius 1 is 1.20 bits per heavy atom. The second-order valence-corrected chi connectivity index (χ2v) is 7.20. The van der Waals surface area contributed by atoms with Crippen LogP contribution in [0, 0.1) is 5.92 Å². The first kappa shape index (κ1) is 18.1. The summed E-state index contributed by atoms with van der Waals surface area (Å²) in [6.07, 6.45) is 5.90. The number of likely N-dealkylation sites (N-methyl/N-ethyl adjacent to an activating group) is 1. The van der Waals surface area contributed by atoms with Crippen molar-refractivity contribution in [1.82, 2.24) is 19.6 Å². The van der Waals surface area contributed by atoms with Crippen LogP contribution in [0.3, 0.4) is 0 Å². The minimum absolute atomic E-state index is 0.380. The summed E-state index contributed by atoms with van der Waals surface area (Å²) in [5.41, 5.74) is 1.02. The number of aromatic nitrogens is 2. The van der Waals surface area contributed by atoms with E-state index in [0.29, 0.717) is 0 Å². The maximum atomic E-state index is 10.4. The lowest BCUT2D eigenvalue weighted by Crippen LogP contribution is -2.40. The Bertz CT molecular complexity index is 593. The molecule has 0 radical (unpaired) electrons. The third-order valence-corrected chi connectivity index (χ3v) is 5.16. The van der Waals surface area contributed by atoms with Gasteiger partial charge in [0.2, 0.25) is 0 Å². The first-order valence-electron chi connectivity index (χ1n) is 9.32. The zero-order valence-corrected chi connectivity index (χ0v) is 15.2. The first-order chi connectivity index (χ1) is 12.2. The summed E-state index contributed by atoms with van der Waals surface area (Å²) in [6, 6.07) is 12.0. The SMILES string of the molecule is CN(CCn1cccn1)CC1CCN(CC(O)c2ccccc2)CC1. The average Bonchev–Trinajstić information content (AvgIpc) is 3.16. The summed E-state index contributed by atoms with van der Waals surface area (Å²) in [4.78, 5) is 4.82. The summed E-state index contributed by atoms with van der Waals surface area (Å²) in [5, 5.41) is 14.6. The molecule has 1 unspecified atom stereocenters. The van der Waals surface area contributed by atoms with Gasteiger partial charge < -0.3 is 14.9 Å². The average molecular weight is 342 g/mol. The fraction of sp³-hybridized carbons (Fsp3) is 0.550. The topological polar surface area (TPSA) is 44.5 Å². The van der Waals surface area contributed by atoms with Gasteiger partial charge in [0.05, 0.1) is 12.6 Å². The van der Waals surface area contributed by atoms with Gasteiger partial charge in [0.1, 0.15) is 0 Å². The van der Waals surface area contributed by atoms with Crippen molar-refractivity contribution in [2.75, 3.05) is 39.8 Å². The summed E-state index contributed by atoms with van der Waals surface area (Å²) in [5.74, 6) is 0.757. The molecule has 0 amide bonds. The Balaban J connectivity index is 1.35. The van der Waals surface area contributed by atoms with Crippen LogP contribution >= 0.6 is 0 Å². The van der Waals surface area contributed by atoms with E-state index in [4.69, 9.17) is 0 Å². The van der Waals surface area contributed by atoms with Crippen LogP contribution in [0.2, 0.25) is 0 Å². The lowest BCUT2D eigenvalue weighted by Gasteiger charge is -2.34. The Morgan fingerprint density at radius 2 is 1.96 bits per heavy atom. The van der Waals surface area contributed by atoms with Gasteiger partial charge in [-0.2, -0.15) is 5.10 Å². The first-order valence-corrected chi connectivity index (χ1v) is 9.32. The molecule has 0 spiro atoms. The predicted octanol–water partition coefficient (Wildman–Crippen LogP) is 2.26. The van der Waals surface area contributed by atoms with Crippen molar-refractivity contribution in [2.45, 2.75) is 25.5 Å². The number of rotatable bonds is 8. The maximum absolute atomic E-state index is 10.4. The highest BCUT2D eigenvalue weighted by Gasteiger charge is 2.22. The number of benzene rings is 1. The largest absolute Gasteiger partial charge is 0.387 e. The molecule has 5 heteroatoms. The van der Waals surface area contributed by atoms with Gasteiger partial charge in [-0.25, -0.2) is 0 Å². The van der Waals surface area contributed by atoms with Crippen LogP contribution in [-0.4, -0.2) is 64.5 Å². The molecule has 25 heavy (non-hydrogen) atoms. The number of likely N-dealkylation sites (tertiary alicyclic amines) is 1. The van der Waals surface area contributed by atoms with Crippen molar-refractivity contribution in [3.05, 3.63) is 54.4 Å². The van der Waals surface area contributed by atoms with Crippen molar-refractivity contribution in [3.8, 4) is 0 Å². The number of hydrogen-bond acceptors (Lipinski definition) is 4. The van der Waals surface area contributed by atoms with Gasteiger partial charge in [-0.1, -0.05) is 30.3 Å². The second-order valence-electron chi connectivity index (χ2n) is 7.20. The normalized spacial score (nSPS) is 17.9. The van der Waals surface area contributed by atoms with E-state index in [-0.39, 0.29) is 6.10 Å². The molecule has 2 heterocycles. The number of β-amino-alcohol motifs (C(OH)–C–C–N with tert-alkyl or cyclic N) is 1. The zero-order chi connectivity index (χ0) is 17.5. The van der Waals surface area contributed by atoms with Crippen molar-refractivity contribution in [1.29, 1.82) is 0 Å². The Hall–Kier alpha value is -1.69. The predicted molar refractivity (Wildman–Crippen MR) is 100 cm³/mol. The summed E-state index contributed by atoms with van der Waals surface area (Å²) in [7, 11) is 2.20. The van der Waals surface area contributed by atoms with E-state index in [1.807, 2.05) is 53.5 Å². The molecular weight excluding hydrogens is 312 g/mol. The minimum atomic E-state index is -0.380. The molecule has 1 fully saturated rings. The fourth-order valence-electron chi connectivity index (χ4n) is 3.61. The van der Waals surface area contributed by atoms with E-state index in [9.17, 15) is 5.11 Å². The van der Waals surface area contributed by atoms with E-state index >= 15 is 0 Å². The number of aliphatic hydroxyl groups excluding tert-OH is 1. The molecule has 1 aliphatic rings. The van der Waals surface area contributed by atoms with Crippen LogP contribution in [0.15, 0.2) is 48.8 Å². The minimum Gasteiger partial charge on any atom is -0.387 e. The van der Waals surface area contributed by atoms with Gasteiger partial charge in [0.15, 0.2) is 0 Å². The fourth-order valence-corrected chi connectivity index (χ4v) is 3.61. The monoisotopic (exact) mass is 342 g/mol. The maximum Gasteiger partial charge on any atom is 0.0916 e. The Morgan fingerprint density at radius 3 is 2.64 bits per heavy atom. The van der Waals surface area contributed by atoms with Gasteiger partial charge in [-0.05, 0) is 50.5 Å². The molecule has 1 aromatic carbocycles. The smallest absolute Gasteiger partial charge is 0.0916 e. The molecule has 1 aromatic heterocycles. The number of piperidine rings is 1. The van der Waals surface area contributed by atoms with E-state index in [2.05, 4.69) is 21.9 Å². The molecule has 0 aliphatic carbocycles. The van der Waals surface area contributed by atoms with Gasteiger partial charge in [-0.3, -0.25) is 4.68 Å². The molecule has 1 aliphatic heterocycles. The molecule has 3 rings (SSSR count). The molecule has 2 aromatic rings. The molecular formula is C20H30N4O. The highest BCUT2D eigenvalue weighted by Crippen LogP contribution is 2.21. The van der Waals surface area contributed by atoms with Crippen LogP contribution in [0.5, 0.6) is 0 Å². The molecule has 5 nitrogen and oxygen atoms in total. The standard InChI is InChI=1S/C20H30N4O/c1-22(14-15-24-11-5-10-21-24)16-18-8-12-23(13-9-18)17-20(25)19-6-3-2-4-7-19/h2-7,10-11,18,20,25H,8-9,12-17H2,1H3. The van der Waals surface area contributed by atoms with E-state index < -0.39 is 0 Å². The number of hydrogen-bond donors (Lipinski definition) is 1. The van der Waals surface area contributed by atoms with Gasteiger partial charge in [0, 0.05) is 32.0 Å². The summed E-state index contributed by atoms with van der Waals surface area (Å²) in [6.45, 7) is 6.05. The lowest BCUT2D eigenvalue weighted by molar-refractivity contribution is 0.0827. The van der Waals surface area contributed by atoms with E-state index in [0.717, 1.165) is 50.7 Å². The Kier molecular flexibility index (Phi) is 6.62. The third-order valence-electron chi connectivity index (χ3n) is 5.16. The molecule has 0 saturated carbocycles. The molecule has 1 N–H and O–H groups in total. The van der Waals surface area contributed by atoms with Crippen LogP contribution in [0.4, 0.5) is 0 Å². The zero-order valence-electron chi connectivity index (χ0n) is 15.2. The van der Waals surface area contributed by atoms with Crippen LogP contribution in [-0.2, 0) is 6.54 Å². The highest BCUT2D eigenvalue weighted by atomic mass is 16.3. The van der Waals surface area contributed by atoms with Crippen LogP contribution in [0.1, 0.15) is 24.5 Å². The highest BCUT2D eigenvalue weighted by molar-refractivity contribution is 5.17.